The first-order chi connectivity index (χ1) is 15.7. The Labute approximate surface area is 194 Å². The van der Waals surface area contributed by atoms with Gasteiger partial charge >= 0.3 is 6.18 Å². The van der Waals surface area contributed by atoms with E-state index in [1.165, 1.54) is 40.0 Å². The Morgan fingerprint density at radius 1 is 1.06 bits per heavy atom. The molecule has 0 aliphatic carbocycles. The number of carbonyl (C=O) groups excluding carboxylic acids is 2. The largest absolute Gasteiger partial charge is 0.418 e. The van der Waals surface area contributed by atoms with Crippen molar-refractivity contribution in [1.29, 1.82) is 0 Å². The number of benzene rings is 2. The Morgan fingerprint density at radius 3 is 2.39 bits per heavy atom. The summed E-state index contributed by atoms with van der Waals surface area (Å²) in [6.07, 6.45) is -3.65. The average Bonchev–Trinajstić information content (AvgIpc) is 3.25. The van der Waals surface area contributed by atoms with E-state index in [-0.39, 0.29) is 31.1 Å². The standard InChI is InChI=1S/C24H24F3N3O2S/c1-3-16-9-11-17(12-10-16)23-28-18(15-33-23)13-22(32)30(4-2)14-21(31)29-20-8-6-5-7-19(20)24(25,26)27/h5-12,15H,3-4,13-14H2,1-2H3,(H,29,31). The summed E-state index contributed by atoms with van der Waals surface area (Å²) < 4.78 is 39.4. The number of nitrogens with zero attached hydrogens (tertiary/aromatic N) is 2. The predicted molar refractivity (Wildman–Crippen MR) is 123 cm³/mol. The summed E-state index contributed by atoms with van der Waals surface area (Å²) in [5.74, 6) is -1.02. The summed E-state index contributed by atoms with van der Waals surface area (Å²) in [6, 6.07) is 12.8. The third kappa shape index (κ3) is 6.41. The molecule has 0 radical (unpaired) electrons. The van der Waals surface area contributed by atoms with Crippen LogP contribution in [0.1, 0.15) is 30.7 Å². The van der Waals surface area contributed by atoms with Gasteiger partial charge in [-0.25, -0.2) is 4.98 Å². The fourth-order valence-electron chi connectivity index (χ4n) is 3.25. The molecule has 1 heterocycles. The van der Waals surface area contributed by atoms with Crippen LogP contribution in [0.2, 0.25) is 0 Å². The molecule has 1 N–H and O–H groups in total. The van der Waals surface area contributed by atoms with Crippen LogP contribution in [0.25, 0.3) is 10.6 Å². The summed E-state index contributed by atoms with van der Waals surface area (Å²) >= 11 is 1.43. The van der Waals surface area contributed by atoms with Crippen molar-refractivity contribution >= 4 is 28.8 Å². The predicted octanol–water partition coefficient (Wildman–Crippen LogP) is 5.42. The molecule has 3 rings (SSSR count). The number of carbonyl (C=O) groups is 2. The topological polar surface area (TPSA) is 62.3 Å². The number of aromatic nitrogens is 1. The fraction of sp³-hybridized carbons (Fsp3) is 0.292. The third-order valence-electron chi connectivity index (χ3n) is 5.07. The van der Waals surface area contributed by atoms with Gasteiger partial charge in [0.1, 0.15) is 5.01 Å². The zero-order valence-electron chi connectivity index (χ0n) is 18.3. The highest BCUT2D eigenvalue weighted by Gasteiger charge is 2.33. The van der Waals surface area contributed by atoms with Crippen molar-refractivity contribution in [3.05, 3.63) is 70.7 Å². The van der Waals surface area contributed by atoms with Crippen LogP contribution >= 0.6 is 11.3 Å². The van der Waals surface area contributed by atoms with Crippen molar-refractivity contribution in [3.63, 3.8) is 0 Å². The van der Waals surface area contributed by atoms with Crippen LogP contribution in [0.15, 0.2) is 53.9 Å². The van der Waals surface area contributed by atoms with E-state index in [0.29, 0.717) is 5.69 Å². The average molecular weight is 476 g/mol. The van der Waals surface area contributed by atoms with Crippen LogP contribution in [-0.2, 0) is 28.6 Å². The SMILES string of the molecule is CCc1ccc(-c2nc(CC(=O)N(CC)CC(=O)Nc3ccccc3C(F)(F)F)cs2)cc1. The van der Waals surface area contributed by atoms with E-state index in [1.807, 2.05) is 24.3 Å². The molecule has 2 amide bonds. The third-order valence-corrected chi connectivity index (χ3v) is 6.01. The molecule has 1 aromatic heterocycles. The summed E-state index contributed by atoms with van der Waals surface area (Å²) in [7, 11) is 0. The maximum Gasteiger partial charge on any atom is 0.418 e. The minimum absolute atomic E-state index is 0.00377. The second-order valence-corrected chi connectivity index (χ2v) is 8.23. The van der Waals surface area contributed by atoms with E-state index < -0.39 is 17.6 Å². The molecule has 0 unspecified atom stereocenters. The number of alkyl halides is 3. The minimum atomic E-state index is -4.59. The number of aryl methyl sites for hydroxylation is 1. The number of para-hydroxylation sites is 1. The Bertz CT molecular complexity index is 1110. The van der Waals surface area contributed by atoms with Gasteiger partial charge in [0.05, 0.1) is 29.9 Å². The molecule has 33 heavy (non-hydrogen) atoms. The number of hydrogen-bond acceptors (Lipinski definition) is 4. The van der Waals surface area contributed by atoms with Gasteiger partial charge in [0.2, 0.25) is 11.8 Å². The zero-order chi connectivity index (χ0) is 24.0. The van der Waals surface area contributed by atoms with Crippen LogP contribution in [0, 0.1) is 0 Å². The van der Waals surface area contributed by atoms with Crippen molar-refractivity contribution in [2.75, 3.05) is 18.4 Å². The smallest absolute Gasteiger partial charge is 0.333 e. The van der Waals surface area contributed by atoms with Gasteiger partial charge in [-0.05, 0) is 31.0 Å². The Hall–Kier alpha value is -3.20. The first kappa shape index (κ1) is 24.4. The number of hydrogen-bond donors (Lipinski definition) is 1. The Morgan fingerprint density at radius 2 is 1.76 bits per heavy atom. The van der Waals surface area contributed by atoms with Gasteiger partial charge in [-0.1, -0.05) is 43.3 Å². The molecule has 0 aliphatic rings. The second kappa shape index (κ2) is 10.6. The molecule has 0 fully saturated rings. The molecule has 5 nitrogen and oxygen atoms in total. The van der Waals surface area contributed by atoms with Crippen molar-refractivity contribution in [1.82, 2.24) is 9.88 Å². The summed E-state index contributed by atoms with van der Waals surface area (Å²) in [6.45, 7) is 3.67. The van der Waals surface area contributed by atoms with Crippen molar-refractivity contribution in [2.24, 2.45) is 0 Å². The van der Waals surface area contributed by atoms with Crippen LogP contribution in [0.5, 0.6) is 0 Å². The maximum absolute atomic E-state index is 13.1. The van der Waals surface area contributed by atoms with Gasteiger partial charge in [-0.2, -0.15) is 13.2 Å². The van der Waals surface area contributed by atoms with Crippen LogP contribution in [0.3, 0.4) is 0 Å². The molecule has 174 valence electrons. The van der Waals surface area contributed by atoms with E-state index >= 15 is 0 Å². The van der Waals surface area contributed by atoms with Crippen LogP contribution in [-0.4, -0.2) is 34.8 Å². The zero-order valence-corrected chi connectivity index (χ0v) is 19.1. The molecule has 2 aromatic carbocycles. The van der Waals surface area contributed by atoms with Crippen LogP contribution < -0.4 is 5.32 Å². The van der Waals surface area contributed by atoms with Crippen molar-refractivity contribution in [2.45, 2.75) is 32.9 Å². The number of rotatable bonds is 8. The highest BCUT2D eigenvalue weighted by Crippen LogP contribution is 2.34. The fourth-order valence-corrected chi connectivity index (χ4v) is 4.08. The number of likely N-dealkylation sites (N-methyl/N-ethyl adjacent to an activating group) is 1. The molecular formula is C24H24F3N3O2S. The molecule has 9 heteroatoms. The molecule has 0 spiro atoms. The summed E-state index contributed by atoms with van der Waals surface area (Å²) in [4.78, 5) is 30.9. The van der Waals surface area contributed by atoms with Crippen molar-refractivity contribution < 1.29 is 22.8 Å². The first-order valence-electron chi connectivity index (χ1n) is 10.5. The van der Waals surface area contributed by atoms with E-state index in [0.717, 1.165) is 23.1 Å². The molecule has 0 atom stereocenters. The number of halogens is 3. The van der Waals surface area contributed by atoms with Gasteiger partial charge in [0.25, 0.3) is 0 Å². The lowest BCUT2D eigenvalue weighted by atomic mass is 10.1. The number of amides is 2. The monoisotopic (exact) mass is 475 g/mol. The Kier molecular flexibility index (Phi) is 7.86. The molecule has 0 bridgehead atoms. The lowest BCUT2D eigenvalue weighted by Crippen LogP contribution is -2.39. The highest BCUT2D eigenvalue weighted by atomic mass is 32.1. The Balaban J connectivity index is 1.63. The minimum Gasteiger partial charge on any atom is -0.333 e. The number of anilines is 1. The van der Waals surface area contributed by atoms with Gasteiger partial charge in [0, 0.05) is 17.5 Å². The van der Waals surface area contributed by atoms with E-state index in [4.69, 9.17) is 0 Å². The summed E-state index contributed by atoms with van der Waals surface area (Å²) in [5.41, 5.74) is 1.50. The van der Waals surface area contributed by atoms with Crippen LogP contribution in [0.4, 0.5) is 18.9 Å². The normalized spacial score (nSPS) is 11.3. The highest BCUT2D eigenvalue weighted by molar-refractivity contribution is 7.13. The van der Waals surface area contributed by atoms with Gasteiger partial charge in [-0.3, -0.25) is 9.59 Å². The van der Waals surface area contributed by atoms with E-state index in [2.05, 4.69) is 17.2 Å². The molecule has 0 saturated carbocycles. The first-order valence-corrected chi connectivity index (χ1v) is 11.4. The van der Waals surface area contributed by atoms with E-state index in [1.54, 1.807) is 12.3 Å². The molecule has 0 aliphatic heterocycles. The lowest BCUT2D eigenvalue weighted by Gasteiger charge is -2.21. The lowest BCUT2D eigenvalue weighted by molar-refractivity contribution is -0.137. The number of nitrogens with one attached hydrogen (secondary N) is 1. The second-order valence-electron chi connectivity index (χ2n) is 7.37. The van der Waals surface area contributed by atoms with Gasteiger partial charge in [0.15, 0.2) is 0 Å². The number of thiazole rings is 1. The van der Waals surface area contributed by atoms with Crippen molar-refractivity contribution in [3.8, 4) is 10.6 Å². The molecule has 0 saturated heterocycles. The quantitative estimate of drug-likeness (QED) is 0.473. The van der Waals surface area contributed by atoms with Gasteiger partial charge < -0.3 is 10.2 Å². The summed E-state index contributed by atoms with van der Waals surface area (Å²) in [5, 5.41) is 4.87. The molecular weight excluding hydrogens is 451 g/mol. The maximum atomic E-state index is 13.1. The van der Waals surface area contributed by atoms with E-state index in [9.17, 15) is 22.8 Å². The molecule has 3 aromatic rings. The van der Waals surface area contributed by atoms with Gasteiger partial charge in [-0.15, -0.1) is 11.3 Å².